The van der Waals surface area contributed by atoms with Crippen molar-refractivity contribution in [1.29, 1.82) is 0 Å². The molecule has 6 heteroatoms. The van der Waals surface area contributed by atoms with E-state index in [0.29, 0.717) is 11.3 Å². The van der Waals surface area contributed by atoms with Crippen LogP contribution in [0.15, 0.2) is 66.7 Å². The first-order valence-electron chi connectivity index (χ1n) is 10.2. The SMILES string of the molecule is CS(=O)(=O)Nc1ccc(C(=O)C2CCN(Cc3cccc4ccccc34)CC2)cc1. The quantitative estimate of drug-likeness (QED) is 0.601. The van der Waals surface area contributed by atoms with Crippen molar-refractivity contribution in [3.05, 3.63) is 77.9 Å². The second-order valence-electron chi connectivity index (χ2n) is 8.00. The molecule has 0 aromatic heterocycles. The van der Waals surface area contributed by atoms with Gasteiger partial charge in [0.05, 0.1) is 6.26 Å². The van der Waals surface area contributed by atoms with Crippen LogP contribution in [-0.2, 0) is 16.6 Å². The Bertz CT molecular complexity index is 1140. The second-order valence-corrected chi connectivity index (χ2v) is 9.75. The van der Waals surface area contributed by atoms with E-state index in [1.165, 1.54) is 16.3 Å². The van der Waals surface area contributed by atoms with Gasteiger partial charge in [-0.15, -0.1) is 0 Å². The first kappa shape index (κ1) is 20.6. The number of carbonyl (C=O) groups is 1. The number of carbonyl (C=O) groups excluding carboxylic acids is 1. The summed E-state index contributed by atoms with van der Waals surface area (Å²) < 4.78 is 25.1. The zero-order valence-electron chi connectivity index (χ0n) is 17.0. The van der Waals surface area contributed by atoms with Gasteiger partial charge in [-0.05, 0) is 66.5 Å². The highest BCUT2D eigenvalue weighted by Crippen LogP contribution is 2.26. The minimum absolute atomic E-state index is 0.0162. The zero-order valence-corrected chi connectivity index (χ0v) is 17.9. The van der Waals surface area contributed by atoms with Crippen LogP contribution in [0.3, 0.4) is 0 Å². The number of fused-ring (bicyclic) bond motifs is 1. The van der Waals surface area contributed by atoms with E-state index in [4.69, 9.17) is 0 Å². The summed E-state index contributed by atoms with van der Waals surface area (Å²) in [6.07, 6.45) is 2.79. The molecule has 5 nitrogen and oxygen atoms in total. The van der Waals surface area contributed by atoms with Gasteiger partial charge in [0.25, 0.3) is 0 Å². The summed E-state index contributed by atoms with van der Waals surface area (Å²) in [5, 5.41) is 2.55. The van der Waals surface area contributed by atoms with Gasteiger partial charge in [-0.3, -0.25) is 14.4 Å². The monoisotopic (exact) mass is 422 g/mol. The van der Waals surface area contributed by atoms with Crippen molar-refractivity contribution in [1.82, 2.24) is 4.90 Å². The van der Waals surface area contributed by atoms with Gasteiger partial charge < -0.3 is 0 Å². The van der Waals surface area contributed by atoms with Gasteiger partial charge in [-0.2, -0.15) is 0 Å². The van der Waals surface area contributed by atoms with Gasteiger partial charge in [0.2, 0.25) is 10.0 Å². The lowest BCUT2D eigenvalue weighted by molar-refractivity contribution is 0.0835. The maximum absolute atomic E-state index is 12.9. The van der Waals surface area contributed by atoms with Crippen molar-refractivity contribution < 1.29 is 13.2 Å². The van der Waals surface area contributed by atoms with E-state index in [9.17, 15) is 13.2 Å². The number of nitrogens with one attached hydrogen (secondary N) is 1. The number of rotatable bonds is 6. The van der Waals surface area contributed by atoms with Crippen molar-refractivity contribution in [3.8, 4) is 0 Å². The molecule has 0 atom stereocenters. The predicted molar refractivity (Wildman–Crippen MR) is 121 cm³/mol. The Morgan fingerprint density at radius 3 is 2.33 bits per heavy atom. The molecule has 0 unspecified atom stereocenters. The van der Waals surface area contributed by atoms with Gasteiger partial charge in [0, 0.05) is 23.7 Å². The first-order valence-corrected chi connectivity index (χ1v) is 12.1. The summed E-state index contributed by atoms with van der Waals surface area (Å²) in [5.41, 5.74) is 2.44. The maximum Gasteiger partial charge on any atom is 0.229 e. The highest BCUT2D eigenvalue weighted by Gasteiger charge is 2.26. The van der Waals surface area contributed by atoms with Crippen LogP contribution in [0.25, 0.3) is 10.8 Å². The number of hydrogen-bond acceptors (Lipinski definition) is 4. The van der Waals surface area contributed by atoms with Crippen molar-refractivity contribution in [2.45, 2.75) is 19.4 Å². The van der Waals surface area contributed by atoms with E-state index in [0.717, 1.165) is 38.7 Å². The summed E-state index contributed by atoms with van der Waals surface area (Å²) in [4.78, 5) is 15.3. The van der Waals surface area contributed by atoms with Crippen LogP contribution in [0.4, 0.5) is 5.69 Å². The molecule has 0 amide bonds. The lowest BCUT2D eigenvalue weighted by atomic mass is 9.88. The molecule has 1 aliphatic rings. The van der Waals surface area contributed by atoms with E-state index >= 15 is 0 Å². The van der Waals surface area contributed by atoms with Gasteiger partial charge in [-0.1, -0.05) is 42.5 Å². The average Bonchev–Trinajstić information content (AvgIpc) is 2.73. The highest BCUT2D eigenvalue weighted by molar-refractivity contribution is 7.92. The Balaban J connectivity index is 1.36. The number of piperidine rings is 1. The summed E-state index contributed by atoms with van der Waals surface area (Å²) >= 11 is 0. The molecule has 0 aliphatic carbocycles. The average molecular weight is 423 g/mol. The minimum atomic E-state index is -3.32. The molecule has 0 saturated carbocycles. The third-order valence-corrected chi connectivity index (χ3v) is 6.31. The number of benzene rings is 3. The van der Waals surface area contributed by atoms with E-state index in [1.54, 1.807) is 24.3 Å². The normalized spacial score (nSPS) is 15.9. The van der Waals surface area contributed by atoms with Gasteiger partial charge in [0.1, 0.15) is 0 Å². The Morgan fingerprint density at radius 2 is 1.63 bits per heavy atom. The molecule has 3 aromatic rings. The van der Waals surface area contributed by atoms with Crippen LogP contribution in [0.5, 0.6) is 0 Å². The van der Waals surface area contributed by atoms with Crippen LogP contribution in [0.1, 0.15) is 28.8 Å². The largest absolute Gasteiger partial charge is 0.299 e. The summed E-state index contributed by atoms with van der Waals surface area (Å²) in [6.45, 7) is 2.69. The van der Waals surface area contributed by atoms with Crippen LogP contribution < -0.4 is 4.72 Å². The molecule has 30 heavy (non-hydrogen) atoms. The van der Waals surface area contributed by atoms with Gasteiger partial charge in [-0.25, -0.2) is 8.42 Å². The van der Waals surface area contributed by atoms with E-state index in [-0.39, 0.29) is 11.7 Å². The molecular weight excluding hydrogens is 396 g/mol. The number of likely N-dealkylation sites (tertiary alicyclic amines) is 1. The summed E-state index contributed by atoms with van der Waals surface area (Å²) in [6, 6.07) is 21.6. The molecule has 0 bridgehead atoms. The zero-order chi connectivity index (χ0) is 21.1. The molecule has 1 fully saturated rings. The van der Waals surface area contributed by atoms with E-state index < -0.39 is 10.0 Å². The molecule has 0 spiro atoms. The molecular formula is C24H26N2O3S. The molecule has 4 rings (SSSR count). The number of Topliss-reactive ketones (excluding diaryl/α,β-unsaturated/α-hetero) is 1. The van der Waals surface area contributed by atoms with Gasteiger partial charge in [0.15, 0.2) is 5.78 Å². The van der Waals surface area contributed by atoms with Crippen molar-refractivity contribution in [2.24, 2.45) is 5.92 Å². The fourth-order valence-corrected chi connectivity index (χ4v) is 4.74. The van der Waals surface area contributed by atoms with Crippen LogP contribution in [-0.4, -0.2) is 38.4 Å². The molecule has 3 aromatic carbocycles. The molecule has 0 radical (unpaired) electrons. The van der Waals surface area contributed by atoms with Crippen molar-refractivity contribution in [3.63, 3.8) is 0 Å². The van der Waals surface area contributed by atoms with E-state index in [1.807, 2.05) is 0 Å². The fourth-order valence-electron chi connectivity index (χ4n) is 4.18. The lowest BCUT2D eigenvalue weighted by Gasteiger charge is -2.31. The smallest absolute Gasteiger partial charge is 0.229 e. The predicted octanol–water partition coefficient (Wildman–Crippen LogP) is 4.31. The number of nitrogens with zero attached hydrogens (tertiary/aromatic N) is 1. The van der Waals surface area contributed by atoms with Crippen molar-refractivity contribution in [2.75, 3.05) is 24.1 Å². The summed E-state index contributed by atoms with van der Waals surface area (Å²) in [5.74, 6) is 0.160. The number of hydrogen-bond donors (Lipinski definition) is 1. The fraction of sp³-hybridized carbons (Fsp3) is 0.292. The van der Waals surface area contributed by atoms with E-state index in [2.05, 4.69) is 52.1 Å². The molecule has 1 saturated heterocycles. The maximum atomic E-state index is 12.9. The Hall–Kier alpha value is -2.70. The highest BCUT2D eigenvalue weighted by atomic mass is 32.2. The van der Waals surface area contributed by atoms with Crippen molar-refractivity contribution >= 4 is 32.3 Å². The third-order valence-electron chi connectivity index (χ3n) is 5.70. The Labute approximate surface area is 177 Å². The van der Waals surface area contributed by atoms with Crippen LogP contribution in [0, 0.1) is 5.92 Å². The van der Waals surface area contributed by atoms with Crippen LogP contribution in [0.2, 0.25) is 0 Å². The Kier molecular flexibility index (Phi) is 5.88. The summed E-state index contributed by atoms with van der Waals surface area (Å²) in [7, 11) is -3.32. The minimum Gasteiger partial charge on any atom is -0.299 e. The third kappa shape index (κ3) is 4.89. The first-order chi connectivity index (χ1) is 14.4. The number of anilines is 1. The number of sulfonamides is 1. The molecule has 1 heterocycles. The van der Waals surface area contributed by atoms with Gasteiger partial charge >= 0.3 is 0 Å². The standard InChI is InChI=1S/C24H26N2O3S/c1-30(28,29)25-22-11-9-19(10-12-22)24(27)20-13-15-26(16-14-20)17-21-7-4-6-18-5-2-3-8-23(18)21/h2-12,20,25H,13-17H2,1H3. The molecule has 1 aliphatic heterocycles. The lowest BCUT2D eigenvalue weighted by Crippen LogP contribution is -2.36. The van der Waals surface area contributed by atoms with Crippen LogP contribution >= 0.6 is 0 Å². The molecule has 1 N–H and O–H groups in total. The Morgan fingerprint density at radius 1 is 0.967 bits per heavy atom. The second kappa shape index (κ2) is 8.58. The topological polar surface area (TPSA) is 66.5 Å². The number of ketones is 1. The molecule has 156 valence electrons.